The lowest BCUT2D eigenvalue weighted by atomic mass is 9.90. The van der Waals surface area contributed by atoms with Crippen LogP contribution < -0.4 is 5.32 Å². The first kappa shape index (κ1) is 12.0. The van der Waals surface area contributed by atoms with Crippen molar-refractivity contribution in [3.05, 3.63) is 0 Å². The molecule has 0 radical (unpaired) electrons. The molecule has 0 amide bonds. The molecule has 1 fully saturated rings. The van der Waals surface area contributed by atoms with Gasteiger partial charge in [-0.3, -0.25) is 0 Å². The first-order valence-corrected chi connectivity index (χ1v) is 6.45. The van der Waals surface area contributed by atoms with Gasteiger partial charge in [-0.2, -0.15) is 0 Å². The summed E-state index contributed by atoms with van der Waals surface area (Å²) in [5.74, 6) is 1.77. The molecule has 0 saturated heterocycles. The van der Waals surface area contributed by atoms with E-state index in [0.29, 0.717) is 0 Å². The Morgan fingerprint density at radius 2 is 1.93 bits per heavy atom. The van der Waals surface area contributed by atoms with Crippen LogP contribution >= 0.6 is 0 Å². The van der Waals surface area contributed by atoms with Crippen molar-refractivity contribution in [3.8, 4) is 0 Å². The minimum Gasteiger partial charge on any atom is -0.314 e. The van der Waals surface area contributed by atoms with Crippen molar-refractivity contribution in [2.75, 3.05) is 6.54 Å². The molecular weight excluding hydrogens is 170 g/mol. The predicted molar refractivity (Wildman–Crippen MR) is 63.5 cm³/mol. The van der Waals surface area contributed by atoms with Crippen LogP contribution in [0.3, 0.4) is 0 Å². The maximum atomic E-state index is 3.67. The Labute approximate surface area is 89.7 Å². The van der Waals surface area contributed by atoms with E-state index in [2.05, 4.69) is 26.1 Å². The van der Waals surface area contributed by atoms with Crippen LogP contribution in [0.5, 0.6) is 0 Å². The lowest BCUT2D eigenvalue weighted by molar-refractivity contribution is 0.300. The van der Waals surface area contributed by atoms with Crippen LogP contribution in [-0.2, 0) is 0 Å². The minimum atomic E-state index is 0.858. The second kappa shape index (κ2) is 6.44. The predicted octanol–water partition coefficient (Wildman–Crippen LogP) is 3.59. The van der Waals surface area contributed by atoms with Crippen molar-refractivity contribution in [1.29, 1.82) is 0 Å². The summed E-state index contributed by atoms with van der Waals surface area (Å²) in [7, 11) is 0. The summed E-state index contributed by atoms with van der Waals surface area (Å²) in [5.41, 5.74) is 0. The lowest BCUT2D eigenvalue weighted by Gasteiger charge is -2.28. The van der Waals surface area contributed by atoms with Gasteiger partial charge in [-0.1, -0.05) is 40.0 Å². The van der Waals surface area contributed by atoms with Crippen LogP contribution in [-0.4, -0.2) is 12.6 Å². The first-order chi connectivity index (χ1) is 6.72. The molecule has 1 heteroatoms. The van der Waals surface area contributed by atoms with Gasteiger partial charge in [0.1, 0.15) is 0 Å². The van der Waals surface area contributed by atoms with Gasteiger partial charge in [0.15, 0.2) is 0 Å². The van der Waals surface area contributed by atoms with Gasteiger partial charge in [-0.25, -0.2) is 0 Å². The zero-order valence-electron chi connectivity index (χ0n) is 10.2. The molecule has 1 aliphatic carbocycles. The third-order valence-corrected chi connectivity index (χ3v) is 3.45. The molecular formula is C13H27N. The molecule has 2 unspecified atom stereocenters. The number of hydrogen-bond acceptors (Lipinski definition) is 1. The summed E-state index contributed by atoms with van der Waals surface area (Å²) >= 11 is 0. The Kier molecular flexibility index (Phi) is 5.54. The fraction of sp³-hybridized carbons (Fsp3) is 1.00. The second-order valence-electron chi connectivity index (χ2n) is 5.27. The van der Waals surface area contributed by atoms with Gasteiger partial charge in [0, 0.05) is 6.04 Å². The molecule has 1 aliphatic rings. The Balaban J connectivity index is 1.99. The van der Waals surface area contributed by atoms with E-state index in [1.807, 2.05) is 0 Å². The largest absolute Gasteiger partial charge is 0.314 e. The molecule has 0 aliphatic heterocycles. The molecule has 14 heavy (non-hydrogen) atoms. The summed E-state index contributed by atoms with van der Waals surface area (Å²) in [6, 6.07) is 0.860. The maximum absolute atomic E-state index is 3.67. The fourth-order valence-corrected chi connectivity index (χ4v) is 2.36. The van der Waals surface area contributed by atoms with Crippen LogP contribution in [0.2, 0.25) is 0 Å². The quantitative estimate of drug-likeness (QED) is 0.657. The van der Waals surface area contributed by atoms with Crippen molar-refractivity contribution < 1.29 is 0 Å². The fourth-order valence-electron chi connectivity index (χ4n) is 2.36. The van der Waals surface area contributed by atoms with Crippen LogP contribution in [0.25, 0.3) is 0 Å². The topological polar surface area (TPSA) is 12.0 Å². The van der Waals surface area contributed by atoms with Crippen molar-refractivity contribution in [3.63, 3.8) is 0 Å². The highest BCUT2D eigenvalue weighted by atomic mass is 14.9. The first-order valence-electron chi connectivity index (χ1n) is 6.45. The summed E-state index contributed by atoms with van der Waals surface area (Å²) in [5, 5.41) is 3.67. The monoisotopic (exact) mass is 197 g/mol. The van der Waals surface area contributed by atoms with E-state index < -0.39 is 0 Å². The molecule has 1 saturated carbocycles. The molecule has 0 aromatic rings. The summed E-state index contributed by atoms with van der Waals surface area (Å²) in [6.45, 7) is 8.30. The summed E-state index contributed by atoms with van der Waals surface area (Å²) in [6.07, 6.45) is 8.40. The van der Waals surface area contributed by atoms with Crippen molar-refractivity contribution in [2.45, 2.75) is 65.3 Å². The molecule has 0 aromatic heterocycles. The Morgan fingerprint density at radius 3 is 2.43 bits per heavy atom. The zero-order valence-corrected chi connectivity index (χ0v) is 10.2. The Morgan fingerprint density at radius 1 is 1.21 bits per heavy atom. The molecule has 1 nitrogen and oxygen atoms in total. The maximum Gasteiger partial charge on any atom is 0.00671 e. The number of nitrogens with one attached hydrogen (secondary N) is 1. The molecule has 0 spiro atoms. The minimum absolute atomic E-state index is 0.858. The summed E-state index contributed by atoms with van der Waals surface area (Å²) in [4.78, 5) is 0. The second-order valence-corrected chi connectivity index (χ2v) is 5.27. The van der Waals surface area contributed by atoms with E-state index in [-0.39, 0.29) is 0 Å². The molecule has 0 heterocycles. The molecule has 0 bridgehead atoms. The average Bonchev–Trinajstić information content (AvgIpc) is 2.01. The van der Waals surface area contributed by atoms with Crippen LogP contribution in [0.1, 0.15) is 59.3 Å². The van der Waals surface area contributed by atoms with E-state index in [4.69, 9.17) is 0 Å². The van der Waals surface area contributed by atoms with Crippen molar-refractivity contribution in [1.82, 2.24) is 5.32 Å². The molecule has 84 valence electrons. The van der Waals surface area contributed by atoms with Crippen LogP contribution in [0.15, 0.2) is 0 Å². The highest BCUT2D eigenvalue weighted by Gasteiger charge is 2.17. The highest BCUT2D eigenvalue weighted by molar-refractivity contribution is 4.77. The van der Waals surface area contributed by atoms with Crippen LogP contribution in [0.4, 0.5) is 0 Å². The van der Waals surface area contributed by atoms with Gasteiger partial charge in [-0.15, -0.1) is 0 Å². The van der Waals surface area contributed by atoms with Gasteiger partial charge in [0.05, 0.1) is 0 Å². The third kappa shape index (κ3) is 4.45. The average molecular weight is 197 g/mol. The van der Waals surface area contributed by atoms with E-state index in [9.17, 15) is 0 Å². The Bertz CT molecular complexity index is 140. The standard InChI is InChI=1S/C13H27N/c1-4-6-11(2)9-12(3)10-14-13-7-5-8-13/h11-14H,4-10H2,1-3H3. The van der Waals surface area contributed by atoms with E-state index in [1.165, 1.54) is 45.1 Å². The Hall–Kier alpha value is -0.0400. The molecule has 2 atom stereocenters. The summed E-state index contributed by atoms with van der Waals surface area (Å²) < 4.78 is 0. The third-order valence-electron chi connectivity index (χ3n) is 3.45. The SMILES string of the molecule is CCCC(C)CC(C)CNC1CCC1. The molecule has 1 N–H and O–H groups in total. The molecule has 1 rings (SSSR count). The normalized spacial score (nSPS) is 21.6. The zero-order chi connectivity index (χ0) is 10.4. The molecule has 0 aromatic carbocycles. The van der Waals surface area contributed by atoms with Gasteiger partial charge in [-0.05, 0) is 37.6 Å². The van der Waals surface area contributed by atoms with Gasteiger partial charge < -0.3 is 5.32 Å². The van der Waals surface area contributed by atoms with Gasteiger partial charge >= 0.3 is 0 Å². The van der Waals surface area contributed by atoms with Gasteiger partial charge in [0.2, 0.25) is 0 Å². The van der Waals surface area contributed by atoms with Crippen LogP contribution in [0, 0.1) is 11.8 Å². The lowest BCUT2D eigenvalue weighted by Crippen LogP contribution is -2.37. The van der Waals surface area contributed by atoms with Crippen molar-refractivity contribution in [2.24, 2.45) is 11.8 Å². The smallest absolute Gasteiger partial charge is 0.00671 e. The van der Waals surface area contributed by atoms with E-state index >= 15 is 0 Å². The number of hydrogen-bond donors (Lipinski definition) is 1. The highest BCUT2D eigenvalue weighted by Crippen LogP contribution is 2.20. The van der Waals surface area contributed by atoms with E-state index in [1.54, 1.807) is 0 Å². The van der Waals surface area contributed by atoms with Gasteiger partial charge in [0.25, 0.3) is 0 Å². The number of rotatable bonds is 7. The van der Waals surface area contributed by atoms with E-state index in [0.717, 1.165) is 17.9 Å². The van der Waals surface area contributed by atoms with Crippen molar-refractivity contribution >= 4 is 0 Å².